The zero-order valence-corrected chi connectivity index (χ0v) is 12.1. The summed E-state index contributed by atoms with van der Waals surface area (Å²) in [4.78, 5) is 22.1. The number of hydrogen-bond acceptors (Lipinski definition) is 6. The second kappa shape index (κ2) is 5.18. The minimum atomic E-state index is -0.117. The van der Waals surface area contributed by atoms with Crippen LogP contribution in [-0.4, -0.2) is 32.1 Å². The third-order valence-corrected chi connectivity index (χ3v) is 4.16. The molecule has 20 heavy (non-hydrogen) atoms. The van der Waals surface area contributed by atoms with Crippen LogP contribution in [0.4, 0.5) is 0 Å². The summed E-state index contributed by atoms with van der Waals surface area (Å²) in [6, 6.07) is 5.28. The Labute approximate surface area is 124 Å². The summed E-state index contributed by atoms with van der Waals surface area (Å²) in [7, 11) is 1.66. The van der Waals surface area contributed by atoms with E-state index in [-0.39, 0.29) is 5.91 Å². The number of likely N-dealkylation sites (N-methyl/N-ethyl adjacent to an activating group) is 1. The molecule has 0 atom stereocenters. The summed E-state index contributed by atoms with van der Waals surface area (Å²) >= 11 is 6.33. The van der Waals surface area contributed by atoms with E-state index in [0.29, 0.717) is 26.6 Å². The summed E-state index contributed by atoms with van der Waals surface area (Å²) < 4.78 is 6.16. The molecular formula is C13H9N3O2S2. The lowest BCUT2D eigenvalue weighted by molar-refractivity contribution is -0.121. The Kier molecular flexibility index (Phi) is 3.37. The van der Waals surface area contributed by atoms with E-state index in [1.165, 1.54) is 16.7 Å². The van der Waals surface area contributed by atoms with Gasteiger partial charge in [-0.2, -0.15) is 0 Å². The monoisotopic (exact) mass is 303 g/mol. The number of nitrogens with zero attached hydrogens (tertiary/aromatic N) is 3. The molecule has 7 heteroatoms. The van der Waals surface area contributed by atoms with Crippen LogP contribution in [0.5, 0.6) is 0 Å². The van der Waals surface area contributed by atoms with E-state index in [9.17, 15) is 4.79 Å². The molecular weight excluding hydrogens is 294 g/mol. The van der Waals surface area contributed by atoms with Gasteiger partial charge in [0, 0.05) is 25.5 Å². The molecule has 0 saturated carbocycles. The molecule has 1 saturated heterocycles. The van der Waals surface area contributed by atoms with Crippen molar-refractivity contribution in [3.8, 4) is 11.6 Å². The van der Waals surface area contributed by atoms with Gasteiger partial charge >= 0.3 is 0 Å². The van der Waals surface area contributed by atoms with Gasteiger partial charge in [0.15, 0.2) is 11.6 Å². The van der Waals surface area contributed by atoms with Crippen molar-refractivity contribution < 1.29 is 9.21 Å². The Morgan fingerprint density at radius 2 is 2.10 bits per heavy atom. The fourth-order valence-corrected chi connectivity index (χ4v) is 2.81. The summed E-state index contributed by atoms with van der Waals surface area (Å²) in [6.07, 6.45) is 4.97. The topological polar surface area (TPSA) is 59.2 Å². The van der Waals surface area contributed by atoms with Gasteiger partial charge in [-0.1, -0.05) is 24.0 Å². The third kappa shape index (κ3) is 2.37. The molecule has 100 valence electrons. The minimum absolute atomic E-state index is 0.117. The number of carbonyl (C=O) groups excluding carboxylic acids is 1. The molecule has 2 aromatic heterocycles. The molecule has 0 unspecified atom stereocenters. The van der Waals surface area contributed by atoms with Gasteiger partial charge in [-0.05, 0) is 18.2 Å². The maximum absolute atomic E-state index is 11.9. The van der Waals surface area contributed by atoms with Crippen molar-refractivity contribution >= 4 is 40.3 Å². The fraction of sp³-hybridized carbons (Fsp3) is 0.0769. The van der Waals surface area contributed by atoms with Gasteiger partial charge in [-0.25, -0.2) is 9.97 Å². The molecule has 1 aliphatic rings. The van der Waals surface area contributed by atoms with E-state index >= 15 is 0 Å². The molecule has 0 aliphatic carbocycles. The van der Waals surface area contributed by atoms with Gasteiger partial charge in [0.2, 0.25) is 0 Å². The highest BCUT2D eigenvalue weighted by Crippen LogP contribution is 2.32. The van der Waals surface area contributed by atoms with Gasteiger partial charge in [0.05, 0.1) is 4.91 Å². The van der Waals surface area contributed by atoms with Crippen molar-refractivity contribution in [2.45, 2.75) is 0 Å². The average molecular weight is 303 g/mol. The second-order valence-corrected chi connectivity index (χ2v) is 5.69. The number of carbonyl (C=O) groups is 1. The van der Waals surface area contributed by atoms with E-state index in [4.69, 9.17) is 16.6 Å². The van der Waals surface area contributed by atoms with Crippen LogP contribution in [0.3, 0.4) is 0 Å². The number of hydrogen-bond donors (Lipinski definition) is 0. The molecule has 3 heterocycles. The smallest absolute Gasteiger partial charge is 0.266 e. The zero-order chi connectivity index (χ0) is 14.1. The standard InChI is InChI=1S/C13H9N3O2S2/c1-16-12(17)10(20-13(16)19)7-8-3-4-9(18-8)11-14-5-2-6-15-11/h2-7H,1H3. The van der Waals surface area contributed by atoms with E-state index in [0.717, 1.165) is 0 Å². The summed E-state index contributed by atoms with van der Waals surface area (Å²) in [5, 5.41) is 0. The van der Waals surface area contributed by atoms with Gasteiger partial charge < -0.3 is 4.42 Å². The van der Waals surface area contributed by atoms with Gasteiger partial charge in [0.25, 0.3) is 5.91 Å². The largest absolute Gasteiger partial charge is 0.453 e. The molecule has 2 aromatic rings. The molecule has 5 nitrogen and oxygen atoms in total. The molecule has 1 fully saturated rings. The summed E-state index contributed by atoms with van der Waals surface area (Å²) in [6.45, 7) is 0. The minimum Gasteiger partial charge on any atom is -0.453 e. The highest BCUT2D eigenvalue weighted by molar-refractivity contribution is 8.26. The highest BCUT2D eigenvalue weighted by atomic mass is 32.2. The lowest BCUT2D eigenvalue weighted by Gasteiger charge is -2.03. The van der Waals surface area contributed by atoms with Gasteiger partial charge in [-0.15, -0.1) is 0 Å². The summed E-state index contributed by atoms with van der Waals surface area (Å²) in [5.41, 5.74) is 0. The van der Waals surface area contributed by atoms with Crippen LogP contribution in [0, 0.1) is 0 Å². The molecule has 0 bridgehead atoms. The predicted molar refractivity (Wildman–Crippen MR) is 80.7 cm³/mol. The molecule has 0 aromatic carbocycles. The molecule has 0 radical (unpaired) electrons. The fourth-order valence-electron chi connectivity index (χ4n) is 1.65. The van der Waals surface area contributed by atoms with Crippen LogP contribution >= 0.6 is 24.0 Å². The Balaban J connectivity index is 1.89. The van der Waals surface area contributed by atoms with Crippen LogP contribution in [0.15, 0.2) is 39.9 Å². The van der Waals surface area contributed by atoms with Crippen molar-refractivity contribution in [3.05, 3.63) is 41.3 Å². The summed E-state index contributed by atoms with van der Waals surface area (Å²) in [5.74, 6) is 1.52. The van der Waals surface area contributed by atoms with Crippen LogP contribution in [0.2, 0.25) is 0 Å². The first-order valence-corrected chi connectivity index (χ1v) is 6.96. The number of furan rings is 1. The van der Waals surface area contributed by atoms with Crippen LogP contribution in [-0.2, 0) is 4.79 Å². The van der Waals surface area contributed by atoms with E-state index in [1.807, 2.05) is 0 Å². The van der Waals surface area contributed by atoms with Crippen molar-refractivity contribution in [2.24, 2.45) is 0 Å². The van der Waals surface area contributed by atoms with Crippen LogP contribution in [0.1, 0.15) is 5.76 Å². The van der Waals surface area contributed by atoms with E-state index in [1.54, 1.807) is 43.7 Å². The van der Waals surface area contributed by atoms with Gasteiger partial charge in [0.1, 0.15) is 10.1 Å². The van der Waals surface area contributed by atoms with E-state index in [2.05, 4.69) is 9.97 Å². The quantitative estimate of drug-likeness (QED) is 0.628. The number of thioether (sulfide) groups is 1. The van der Waals surface area contributed by atoms with Crippen LogP contribution < -0.4 is 0 Å². The average Bonchev–Trinajstić information content (AvgIpc) is 3.02. The Bertz CT molecular complexity index is 709. The normalized spacial score (nSPS) is 17.2. The highest BCUT2D eigenvalue weighted by Gasteiger charge is 2.29. The number of aromatic nitrogens is 2. The van der Waals surface area contributed by atoms with Crippen molar-refractivity contribution in [2.75, 3.05) is 7.05 Å². The maximum atomic E-state index is 11.9. The number of amides is 1. The first-order valence-electron chi connectivity index (χ1n) is 5.74. The van der Waals surface area contributed by atoms with Crippen LogP contribution in [0.25, 0.3) is 17.7 Å². The van der Waals surface area contributed by atoms with Crippen molar-refractivity contribution in [1.82, 2.24) is 14.9 Å². The molecule has 3 rings (SSSR count). The molecule has 1 amide bonds. The lowest BCUT2D eigenvalue weighted by Crippen LogP contribution is -2.22. The van der Waals surface area contributed by atoms with E-state index < -0.39 is 0 Å². The SMILES string of the molecule is CN1C(=O)C(=Cc2ccc(-c3ncccn3)o2)SC1=S. The maximum Gasteiger partial charge on any atom is 0.266 e. The first kappa shape index (κ1) is 13.0. The zero-order valence-electron chi connectivity index (χ0n) is 10.4. The Morgan fingerprint density at radius 1 is 1.35 bits per heavy atom. The number of rotatable bonds is 2. The van der Waals surface area contributed by atoms with Crippen molar-refractivity contribution in [3.63, 3.8) is 0 Å². The van der Waals surface area contributed by atoms with Crippen molar-refractivity contribution in [1.29, 1.82) is 0 Å². The molecule has 1 aliphatic heterocycles. The first-order chi connectivity index (χ1) is 9.65. The molecule has 0 spiro atoms. The number of thiocarbonyl (C=S) groups is 1. The predicted octanol–water partition coefficient (Wildman–Crippen LogP) is 2.57. The third-order valence-electron chi connectivity index (χ3n) is 2.67. The Hall–Kier alpha value is -1.99. The second-order valence-electron chi connectivity index (χ2n) is 4.02. The molecule has 0 N–H and O–H groups in total. The lowest BCUT2D eigenvalue weighted by atomic mass is 10.3. The Morgan fingerprint density at radius 3 is 2.75 bits per heavy atom. The van der Waals surface area contributed by atoms with Gasteiger partial charge in [-0.3, -0.25) is 9.69 Å².